The molecule has 5 nitrogen and oxygen atoms in total. The van der Waals surface area contributed by atoms with Crippen LogP contribution in [-0.4, -0.2) is 37.0 Å². The van der Waals surface area contributed by atoms with Gasteiger partial charge >= 0.3 is 0 Å². The van der Waals surface area contributed by atoms with Crippen LogP contribution in [0.25, 0.3) is 0 Å². The molecule has 0 saturated carbocycles. The molecule has 3 N–H and O–H groups in total. The van der Waals surface area contributed by atoms with E-state index in [0.717, 1.165) is 6.54 Å². The van der Waals surface area contributed by atoms with Crippen molar-refractivity contribution in [3.05, 3.63) is 0 Å². The summed E-state index contributed by atoms with van der Waals surface area (Å²) >= 11 is 0. The van der Waals surface area contributed by atoms with Crippen LogP contribution in [0.5, 0.6) is 0 Å². The normalized spacial score (nSPS) is 22.3. The molecule has 2 amide bonds. The molecule has 0 bridgehead atoms. The van der Waals surface area contributed by atoms with Crippen molar-refractivity contribution in [2.75, 3.05) is 13.1 Å². The summed E-state index contributed by atoms with van der Waals surface area (Å²) in [7, 11) is 0. The van der Waals surface area contributed by atoms with Crippen LogP contribution in [0.15, 0.2) is 0 Å². The molecule has 1 fully saturated rings. The van der Waals surface area contributed by atoms with Gasteiger partial charge in [0, 0.05) is 19.0 Å². The van der Waals surface area contributed by atoms with Crippen LogP contribution in [0.2, 0.25) is 0 Å². The van der Waals surface area contributed by atoms with Crippen LogP contribution >= 0.6 is 0 Å². The lowest BCUT2D eigenvalue weighted by Crippen LogP contribution is -2.46. The molecule has 1 heterocycles. The Bertz CT molecular complexity index is 243. The smallest absolute Gasteiger partial charge is 0.242 e. The third-order valence-electron chi connectivity index (χ3n) is 2.45. The van der Waals surface area contributed by atoms with E-state index >= 15 is 0 Å². The maximum atomic E-state index is 11.5. The molecule has 15 heavy (non-hydrogen) atoms. The van der Waals surface area contributed by atoms with E-state index in [1.54, 1.807) is 0 Å². The van der Waals surface area contributed by atoms with E-state index in [4.69, 9.17) is 0 Å². The minimum atomic E-state index is -0.327. The van der Waals surface area contributed by atoms with Gasteiger partial charge in [-0.25, -0.2) is 0 Å². The van der Waals surface area contributed by atoms with Crippen molar-refractivity contribution < 1.29 is 9.59 Å². The fraction of sp³-hybridized carbons (Fsp3) is 0.800. The fourth-order valence-corrected chi connectivity index (χ4v) is 1.61. The molecular formula is C10H19N3O2. The summed E-state index contributed by atoms with van der Waals surface area (Å²) in [5.74, 6) is -0.111. The van der Waals surface area contributed by atoms with Gasteiger partial charge in [-0.05, 0) is 19.9 Å². The molecule has 2 atom stereocenters. The first-order valence-corrected chi connectivity index (χ1v) is 5.44. The Morgan fingerprint density at radius 2 is 2.40 bits per heavy atom. The number of likely N-dealkylation sites (N-methyl/N-ethyl adjacent to an activating group) is 1. The van der Waals surface area contributed by atoms with Gasteiger partial charge in [-0.1, -0.05) is 6.92 Å². The quantitative estimate of drug-likeness (QED) is 0.570. The summed E-state index contributed by atoms with van der Waals surface area (Å²) in [6.45, 7) is 5.52. The minimum absolute atomic E-state index is 0.0325. The number of carbonyl (C=O) groups excluding carboxylic acids is 2. The molecule has 0 radical (unpaired) electrons. The van der Waals surface area contributed by atoms with Gasteiger partial charge in [0.25, 0.3) is 0 Å². The molecule has 0 aromatic carbocycles. The first kappa shape index (κ1) is 12.0. The van der Waals surface area contributed by atoms with Gasteiger partial charge in [0.05, 0.1) is 0 Å². The first-order valence-electron chi connectivity index (χ1n) is 5.44. The van der Waals surface area contributed by atoms with Crippen LogP contribution in [0, 0.1) is 0 Å². The lowest BCUT2D eigenvalue weighted by Gasteiger charge is -2.15. The molecular weight excluding hydrogens is 194 g/mol. The van der Waals surface area contributed by atoms with Gasteiger partial charge in [0.2, 0.25) is 11.8 Å². The van der Waals surface area contributed by atoms with E-state index in [0.29, 0.717) is 19.4 Å². The summed E-state index contributed by atoms with van der Waals surface area (Å²) in [5, 5.41) is 8.65. The van der Waals surface area contributed by atoms with Crippen LogP contribution in [0.3, 0.4) is 0 Å². The predicted octanol–water partition coefficient (Wildman–Crippen LogP) is -0.621. The zero-order valence-corrected chi connectivity index (χ0v) is 9.30. The molecule has 1 rings (SSSR count). The average molecular weight is 213 g/mol. The third kappa shape index (κ3) is 3.87. The second kappa shape index (κ2) is 5.70. The Kier molecular flexibility index (Phi) is 4.55. The molecule has 5 heteroatoms. The van der Waals surface area contributed by atoms with Crippen molar-refractivity contribution in [2.45, 2.75) is 38.8 Å². The van der Waals surface area contributed by atoms with Crippen molar-refractivity contribution in [2.24, 2.45) is 0 Å². The van der Waals surface area contributed by atoms with Gasteiger partial charge in [-0.2, -0.15) is 0 Å². The summed E-state index contributed by atoms with van der Waals surface area (Å²) in [5.41, 5.74) is 0. The lowest BCUT2D eigenvalue weighted by molar-refractivity contribution is -0.125. The molecule has 0 aliphatic carbocycles. The zero-order valence-electron chi connectivity index (χ0n) is 9.30. The van der Waals surface area contributed by atoms with Crippen LogP contribution in [-0.2, 0) is 9.59 Å². The maximum Gasteiger partial charge on any atom is 0.242 e. The SMILES string of the molecule is CCN[C@H](C)CNC(=O)C1CCC(=O)N1. The predicted molar refractivity (Wildman–Crippen MR) is 57.3 cm³/mol. The van der Waals surface area contributed by atoms with E-state index in [1.807, 2.05) is 13.8 Å². The van der Waals surface area contributed by atoms with Gasteiger partial charge < -0.3 is 16.0 Å². The Morgan fingerprint density at radius 3 is 2.93 bits per heavy atom. The van der Waals surface area contributed by atoms with E-state index in [-0.39, 0.29) is 23.9 Å². The van der Waals surface area contributed by atoms with Crippen molar-refractivity contribution in [3.63, 3.8) is 0 Å². The molecule has 0 aromatic rings. The van der Waals surface area contributed by atoms with Crippen LogP contribution < -0.4 is 16.0 Å². The largest absolute Gasteiger partial charge is 0.353 e. The second-order valence-corrected chi connectivity index (χ2v) is 3.86. The van der Waals surface area contributed by atoms with Crippen LogP contribution in [0.1, 0.15) is 26.7 Å². The van der Waals surface area contributed by atoms with Gasteiger partial charge in [0.1, 0.15) is 6.04 Å². The van der Waals surface area contributed by atoms with Crippen molar-refractivity contribution in [1.82, 2.24) is 16.0 Å². The summed E-state index contributed by atoms with van der Waals surface area (Å²) in [4.78, 5) is 22.4. The topological polar surface area (TPSA) is 70.2 Å². The highest BCUT2D eigenvalue weighted by Crippen LogP contribution is 2.05. The summed E-state index contributed by atoms with van der Waals surface area (Å²) < 4.78 is 0. The third-order valence-corrected chi connectivity index (χ3v) is 2.45. The number of hydrogen-bond donors (Lipinski definition) is 3. The molecule has 1 aliphatic rings. The molecule has 86 valence electrons. The molecule has 1 aliphatic heterocycles. The standard InChI is InChI=1S/C10H19N3O2/c1-3-11-7(2)6-12-10(15)8-4-5-9(14)13-8/h7-8,11H,3-6H2,1-2H3,(H,12,15)(H,13,14)/t7-,8?/m1/s1. The molecule has 1 unspecified atom stereocenters. The minimum Gasteiger partial charge on any atom is -0.353 e. The highest BCUT2D eigenvalue weighted by atomic mass is 16.2. The van der Waals surface area contributed by atoms with Crippen LogP contribution in [0.4, 0.5) is 0 Å². The average Bonchev–Trinajstić information content (AvgIpc) is 2.62. The van der Waals surface area contributed by atoms with E-state index < -0.39 is 0 Å². The van der Waals surface area contributed by atoms with Crippen molar-refractivity contribution in [1.29, 1.82) is 0 Å². The zero-order chi connectivity index (χ0) is 11.3. The fourth-order valence-electron chi connectivity index (χ4n) is 1.61. The highest BCUT2D eigenvalue weighted by molar-refractivity contribution is 5.90. The molecule has 0 spiro atoms. The van der Waals surface area contributed by atoms with Gasteiger partial charge in [-0.15, -0.1) is 0 Å². The van der Waals surface area contributed by atoms with E-state index in [1.165, 1.54) is 0 Å². The van der Waals surface area contributed by atoms with Gasteiger partial charge in [0.15, 0.2) is 0 Å². The lowest BCUT2D eigenvalue weighted by atomic mass is 10.2. The van der Waals surface area contributed by atoms with E-state index in [2.05, 4.69) is 16.0 Å². The number of nitrogens with one attached hydrogen (secondary N) is 3. The monoisotopic (exact) mass is 213 g/mol. The Labute approximate surface area is 90.0 Å². The van der Waals surface area contributed by atoms with Gasteiger partial charge in [-0.3, -0.25) is 9.59 Å². The summed E-state index contributed by atoms with van der Waals surface area (Å²) in [6.07, 6.45) is 1.07. The van der Waals surface area contributed by atoms with E-state index in [9.17, 15) is 9.59 Å². The molecule has 0 aromatic heterocycles. The Hall–Kier alpha value is -1.10. The number of rotatable bonds is 5. The number of hydrogen-bond acceptors (Lipinski definition) is 3. The number of carbonyl (C=O) groups is 2. The maximum absolute atomic E-state index is 11.5. The number of amides is 2. The summed E-state index contributed by atoms with van der Waals surface area (Å²) in [6, 6.07) is -0.0672. The molecule has 1 saturated heterocycles. The second-order valence-electron chi connectivity index (χ2n) is 3.86. The van der Waals surface area contributed by atoms with Crippen molar-refractivity contribution in [3.8, 4) is 0 Å². The Morgan fingerprint density at radius 1 is 1.67 bits per heavy atom. The van der Waals surface area contributed by atoms with Crippen molar-refractivity contribution >= 4 is 11.8 Å². The first-order chi connectivity index (χ1) is 7.13. The Balaban J connectivity index is 2.21. The highest BCUT2D eigenvalue weighted by Gasteiger charge is 2.26.